The number of benzene rings is 5. The summed E-state index contributed by atoms with van der Waals surface area (Å²) in [7, 11) is 10.5. The largest absolute Gasteiger partial charge is 0.212 e. The minimum atomic E-state index is 1.26. The van der Waals surface area contributed by atoms with Crippen LogP contribution in [0.1, 0.15) is 89.0 Å². The van der Waals surface area contributed by atoms with Gasteiger partial charge in [0.1, 0.15) is 35.2 Å². The lowest BCUT2D eigenvalue weighted by molar-refractivity contribution is -0.660. The molecule has 0 spiro atoms. The number of hydrogen-bond acceptors (Lipinski definition) is 0. The van der Waals surface area contributed by atoms with Crippen LogP contribution in [0.2, 0.25) is 0 Å². The maximum absolute atomic E-state index is 2.29. The molecule has 10 rings (SSSR count). The van der Waals surface area contributed by atoms with Gasteiger partial charge in [0, 0.05) is 87.0 Å². The second-order valence-electron chi connectivity index (χ2n) is 23.0. The summed E-state index contributed by atoms with van der Waals surface area (Å²) in [6.07, 6.45) is 10.7. The van der Waals surface area contributed by atoms with Crippen molar-refractivity contribution in [2.75, 3.05) is 0 Å². The maximum Gasteiger partial charge on any atom is 0.212 e. The molecule has 0 N–H and O–H groups in total. The quantitative estimate of drug-likeness (QED) is 0.153. The first kappa shape index (κ1) is 62.1. The molecule has 5 heteroatoms. The second-order valence-corrected chi connectivity index (χ2v) is 23.0. The van der Waals surface area contributed by atoms with Crippen LogP contribution in [0.15, 0.2) is 177 Å². The highest BCUT2D eigenvalue weighted by Crippen LogP contribution is 2.27. The molecule has 0 atom stereocenters. The molecule has 0 saturated carbocycles. The molecule has 0 radical (unpaired) electrons. The van der Waals surface area contributed by atoms with Crippen LogP contribution in [0.4, 0.5) is 0 Å². The summed E-state index contributed by atoms with van der Waals surface area (Å²) < 4.78 is 10.9. The van der Waals surface area contributed by atoms with Crippen LogP contribution in [0.3, 0.4) is 0 Å². The predicted octanol–water partition coefficient (Wildman–Crippen LogP) is 15.8. The van der Waals surface area contributed by atoms with Crippen molar-refractivity contribution in [2.24, 2.45) is 35.2 Å². The van der Waals surface area contributed by atoms with Crippen molar-refractivity contribution >= 4 is 0 Å². The Hall–Kier alpha value is -8.15. The second kappa shape index (κ2) is 27.8. The Morgan fingerprint density at radius 3 is 1.07 bits per heavy atom. The molecule has 0 unspecified atom stereocenters. The third kappa shape index (κ3) is 16.5. The zero-order valence-electron chi connectivity index (χ0n) is 53.0. The molecule has 5 aromatic heterocycles. The van der Waals surface area contributed by atoms with Gasteiger partial charge in [-0.05, 0) is 209 Å². The number of rotatable bonds is 5. The van der Waals surface area contributed by atoms with Crippen molar-refractivity contribution in [1.29, 1.82) is 0 Å². The van der Waals surface area contributed by atoms with Gasteiger partial charge in [-0.1, -0.05) is 76.9 Å². The van der Waals surface area contributed by atoms with Gasteiger partial charge in [-0.25, -0.2) is 22.8 Å². The average molecular weight is 1080 g/mol. The highest BCUT2D eigenvalue weighted by atomic mass is 14.9. The van der Waals surface area contributed by atoms with Gasteiger partial charge in [-0.2, -0.15) is 0 Å². The fourth-order valence-electron chi connectivity index (χ4n) is 10.5. The summed E-state index contributed by atoms with van der Waals surface area (Å²) >= 11 is 0. The SMILES string of the molecule is Cc1ccc(-c2cc(C)c(C)c[n+]2C)c(C)c1.Cc1ccc(-c2cc(C)c(C)cc2C)[n+](C)c1.Cc1ccc(-c2cc(C)cc[n+]2C)c(C)c1.Cc1ccc(-c2ccc(C)c[n+]2C)c(C)c1.Cc1ccc(C)c(-c2cccc[n+]2C)c1. The summed E-state index contributed by atoms with van der Waals surface area (Å²) in [6, 6.07) is 52.6. The predicted molar refractivity (Wildman–Crippen MR) is 341 cm³/mol. The van der Waals surface area contributed by atoms with E-state index < -0.39 is 0 Å². The lowest BCUT2D eigenvalue weighted by atomic mass is 9.98. The van der Waals surface area contributed by atoms with Gasteiger partial charge in [0.15, 0.2) is 31.0 Å². The van der Waals surface area contributed by atoms with E-state index in [9.17, 15) is 0 Å². The van der Waals surface area contributed by atoms with Crippen molar-refractivity contribution in [3.63, 3.8) is 0 Å². The van der Waals surface area contributed by atoms with Crippen LogP contribution in [0, 0.1) is 111 Å². The Morgan fingerprint density at radius 1 is 0.198 bits per heavy atom. The van der Waals surface area contributed by atoms with Gasteiger partial charge in [0.05, 0.1) is 0 Å². The molecule has 5 heterocycles. The van der Waals surface area contributed by atoms with Crippen molar-refractivity contribution in [1.82, 2.24) is 0 Å². The van der Waals surface area contributed by atoms with Crippen LogP contribution >= 0.6 is 0 Å². The van der Waals surface area contributed by atoms with Gasteiger partial charge in [-0.15, -0.1) is 0 Å². The van der Waals surface area contributed by atoms with Gasteiger partial charge in [0.25, 0.3) is 0 Å². The molecule has 0 saturated heterocycles. The summed E-state index contributed by atoms with van der Waals surface area (Å²) in [6.45, 7) is 34.4. The minimum Gasteiger partial charge on any atom is -0.201 e. The van der Waals surface area contributed by atoms with Crippen molar-refractivity contribution in [2.45, 2.75) is 111 Å². The molecule has 10 aromatic rings. The number of nitrogens with zero attached hydrogens (tertiary/aromatic N) is 5. The van der Waals surface area contributed by atoms with Gasteiger partial charge < -0.3 is 0 Å². The number of pyridine rings is 5. The van der Waals surface area contributed by atoms with Crippen LogP contribution < -0.4 is 22.8 Å². The highest BCUT2D eigenvalue weighted by molar-refractivity contribution is 5.66. The van der Waals surface area contributed by atoms with Crippen molar-refractivity contribution in [3.8, 4) is 56.3 Å². The standard InChI is InChI=1S/2C16H20N.2C15H18N.C14H16N/c1-11-6-7-16(17(5)10-11)15-9-13(3)12(2)8-14(15)4;1-11-6-7-15(13(3)8-11)16-9-12(2)14(4)10-17(16)5;1-11-5-7-14(13(3)9-11)15-8-6-12(2)10-16(15)4;1-11-5-6-14(13(3)9-11)15-10-12(2)7-8-16(15)4;1-11-7-8-12(2)13(10-11)14-6-4-5-9-15(14)3/h2*6-10H,1-5H3;2*5-10H,1-4H3;4-10H,1-3H3/q5*+1. The summed E-state index contributed by atoms with van der Waals surface area (Å²) in [5.74, 6) is 0. The first-order chi connectivity index (χ1) is 38.3. The lowest BCUT2D eigenvalue weighted by Crippen LogP contribution is -2.31. The Labute approximate surface area is 488 Å². The fourth-order valence-corrected chi connectivity index (χ4v) is 10.5. The average Bonchev–Trinajstić information content (AvgIpc) is 3.42. The third-order valence-corrected chi connectivity index (χ3v) is 15.4. The first-order valence-corrected chi connectivity index (χ1v) is 28.5. The van der Waals surface area contributed by atoms with Crippen LogP contribution in [0.5, 0.6) is 0 Å². The van der Waals surface area contributed by atoms with E-state index in [0.717, 1.165) is 0 Å². The summed E-state index contributed by atoms with van der Waals surface area (Å²) in [5.41, 5.74) is 34.2. The molecule has 0 aliphatic rings. The smallest absolute Gasteiger partial charge is 0.201 e. The van der Waals surface area contributed by atoms with E-state index in [1.165, 1.54) is 145 Å². The van der Waals surface area contributed by atoms with Gasteiger partial charge in [0.2, 0.25) is 28.5 Å². The van der Waals surface area contributed by atoms with E-state index in [1.54, 1.807) is 0 Å². The van der Waals surface area contributed by atoms with Crippen molar-refractivity contribution < 1.29 is 22.8 Å². The van der Waals surface area contributed by atoms with E-state index in [-0.39, 0.29) is 0 Å². The highest BCUT2D eigenvalue weighted by Gasteiger charge is 2.17. The Bertz CT molecular complexity index is 3680. The molecule has 81 heavy (non-hydrogen) atoms. The molecular formula is C76H92N5+5. The Morgan fingerprint density at radius 2 is 0.568 bits per heavy atom. The Kier molecular flexibility index (Phi) is 21.3. The monoisotopic (exact) mass is 1070 g/mol. The molecule has 0 bridgehead atoms. The number of aryl methyl sites for hydroxylation is 21. The third-order valence-electron chi connectivity index (χ3n) is 15.4. The molecule has 0 aliphatic heterocycles. The van der Waals surface area contributed by atoms with E-state index in [2.05, 4.69) is 345 Å². The van der Waals surface area contributed by atoms with Crippen molar-refractivity contribution in [3.05, 3.63) is 266 Å². The molecule has 0 fully saturated rings. The number of aromatic nitrogens is 5. The molecule has 0 amide bonds. The molecular weight excluding hydrogens is 983 g/mol. The molecule has 416 valence electrons. The van der Waals surface area contributed by atoms with E-state index in [4.69, 9.17) is 0 Å². The van der Waals surface area contributed by atoms with Crippen LogP contribution in [-0.2, 0) is 35.2 Å². The van der Waals surface area contributed by atoms with E-state index in [0.29, 0.717) is 0 Å². The molecule has 0 aliphatic carbocycles. The molecule has 5 nitrogen and oxygen atoms in total. The topological polar surface area (TPSA) is 19.4 Å². The van der Waals surface area contributed by atoms with E-state index in [1.807, 2.05) is 0 Å². The van der Waals surface area contributed by atoms with Gasteiger partial charge in [-0.3, -0.25) is 0 Å². The Balaban J connectivity index is 0.000000163. The van der Waals surface area contributed by atoms with Gasteiger partial charge >= 0.3 is 0 Å². The molecule has 5 aromatic carbocycles. The zero-order valence-corrected chi connectivity index (χ0v) is 53.0. The summed E-state index contributed by atoms with van der Waals surface area (Å²) in [5, 5.41) is 0. The minimum absolute atomic E-state index is 1.26. The normalized spacial score (nSPS) is 10.5. The maximum atomic E-state index is 2.29. The lowest BCUT2D eigenvalue weighted by Gasteiger charge is -2.08. The van der Waals surface area contributed by atoms with E-state index >= 15 is 0 Å². The summed E-state index contributed by atoms with van der Waals surface area (Å²) in [4.78, 5) is 0. The first-order valence-electron chi connectivity index (χ1n) is 28.5. The zero-order chi connectivity index (χ0) is 59.4. The van der Waals surface area contributed by atoms with Crippen LogP contribution in [0.25, 0.3) is 56.3 Å². The van der Waals surface area contributed by atoms with Crippen LogP contribution in [-0.4, -0.2) is 0 Å². The number of hydrogen-bond donors (Lipinski definition) is 0. The fraction of sp³-hybridized carbons (Fsp3) is 0.276.